The van der Waals surface area contributed by atoms with Crippen molar-refractivity contribution in [1.82, 2.24) is 39.3 Å². The number of nitrogens with one attached hydrogen (secondary N) is 3. The van der Waals surface area contributed by atoms with Crippen molar-refractivity contribution >= 4 is 21.1 Å². The molecule has 4 heterocycles. The highest BCUT2D eigenvalue weighted by Crippen LogP contribution is 2.29. The van der Waals surface area contributed by atoms with Gasteiger partial charge in [0, 0.05) is 49.1 Å². The molecule has 0 atom stereocenters. The molecule has 0 unspecified atom stereocenters. The Morgan fingerprint density at radius 3 is 2.43 bits per heavy atom. The van der Waals surface area contributed by atoms with Crippen molar-refractivity contribution in [2.45, 2.75) is 49.5 Å². The molecule has 0 amide bonds. The van der Waals surface area contributed by atoms with Crippen molar-refractivity contribution in [3.63, 3.8) is 0 Å². The third kappa shape index (κ3) is 7.17. The molecule has 6 rings (SSSR count). The number of halogens is 3. The minimum atomic E-state index is -4.54. The topological polar surface area (TPSA) is 130 Å². The smallest absolute Gasteiger partial charge is 0.339 e. The molecule has 3 N–H and O–H groups in total. The highest BCUT2D eigenvalue weighted by atomic mass is 32.2. The Bertz CT molecular complexity index is 2000. The van der Waals surface area contributed by atoms with Gasteiger partial charge in [0.05, 0.1) is 10.6 Å². The summed E-state index contributed by atoms with van der Waals surface area (Å²) < 4.78 is 70.9. The maximum atomic E-state index is 13.9. The van der Waals surface area contributed by atoms with E-state index >= 15 is 0 Å². The first-order chi connectivity index (χ1) is 22.5. The van der Waals surface area contributed by atoms with Crippen molar-refractivity contribution in [1.29, 1.82) is 0 Å². The zero-order chi connectivity index (χ0) is 33.2. The van der Waals surface area contributed by atoms with Crippen LogP contribution in [-0.2, 0) is 29.3 Å². The van der Waals surface area contributed by atoms with Crippen LogP contribution < -0.4 is 16.3 Å². The first-order valence-electron chi connectivity index (χ1n) is 15.3. The lowest BCUT2D eigenvalue weighted by Crippen LogP contribution is -2.46. The monoisotopic (exact) mass is 668 g/mol. The van der Waals surface area contributed by atoms with E-state index in [1.54, 1.807) is 30.5 Å². The Morgan fingerprint density at radius 1 is 1.04 bits per heavy atom. The molecule has 0 spiro atoms. The summed E-state index contributed by atoms with van der Waals surface area (Å²) in [6, 6.07) is 16.6. The molecule has 1 fully saturated rings. The zero-order valence-electron chi connectivity index (χ0n) is 25.7. The Hall–Kier alpha value is -4.31. The predicted molar refractivity (Wildman–Crippen MR) is 172 cm³/mol. The number of fused-ring (bicyclic) bond motifs is 1. The second kappa shape index (κ2) is 13.4. The van der Waals surface area contributed by atoms with Gasteiger partial charge >= 0.3 is 11.9 Å². The van der Waals surface area contributed by atoms with Crippen LogP contribution in [0.15, 0.2) is 82.7 Å². The van der Waals surface area contributed by atoms with Crippen LogP contribution in [0.5, 0.6) is 0 Å². The van der Waals surface area contributed by atoms with Crippen LogP contribution in [0.2, 0.25) is 0 Å². The van der Waals surface area contributed by atoms with Crippen molar-refractivity contribution in [2.75, 3.05) is 26.7 Å². The normalized spacial score (nSPS) is 14.7. The van der Waals surface area contributed by atoms with E-state index in [0.29, 0.717) is 66.9 Å². The van der Waals surface area contributed by atoms with E-state index in [9.17, 15) is 26.4 Å². The zero-order valence-corrected chi connectivity index (χ0v) is 26.5. The Morgan fingerprint density at radius 2 is 1.77 bits per heavy atom. The standard InChI is InChI=1S/C32H35F3N8O3S/c1-36-20-22-3-7-25(8-4-22)42-21-24-19-28(38-30(24)39-31(42)44)23-5-9-27(10-6-23)47(45,46)43(26-11-14-37-15-12-26)17-2-16-41-18-13-29(40-41)32(33,34)35/h3-10,13,18-19,21,26,36-37H,2,11-12,14-17,20H2,1H3,(H,38,39,44). The summed E-state index contributed by atoms with van der Waals surface area (Å²) in [4.78, 5) is 20.3. The van der Waals surface area contributed by atoms with E-state index in [4.69, 9.17) is 0 Å². The SMILES string of the molecule is CNCc1ccc(-n2cc3cc(-c4ccc(S(=O)(=O)N(CCCn5ccc(C(F)(F)F)n5)C5CCNCC5)cc4)[nH]c3nc2=O)cc1. The van der Waals surface area contributed by atoms with Crippen molar-refractivity contribution < 1.29 is 21.6 Å². The fraction of sp³-hybridized carbons (Fsp3) is 0.344. The van der Waals surface area contributed by atoms with Gasteiger partial charge in [0.1, 0.15) is 5.65 Å². The second-order valence-corrected chi connectivity index (χ2v) is 13.4. The fourth-order valence-electron chi connectivity index (χ4n) is 5.87. The first kappa shape index (κ1) is 32.6. The third-order valence-corrected chi connectivity index (χ3v) is 10.3. The molecule has 15 heteroatoms. The van der Waals surface area contributed by atoms with Gasteiger partial charge in [-0.25, -0.2) is 13.2 Å². The minimum absolute atomic E-state index is 0.119. The fourth-order valence-corrected chi connectivity index (χ4v) is 7.60. The Labute approximate surface area is 269 Å². The maximum Gasteiger partial charge on any atom is 0.435 e. The van der Waals surface area contributed by atoms with Crippen molar-refractivity contribution in [3.05, 3.63) is 94.8 Å². The molecular weight excluding hydrogens is 633 g/mol. The molecular formula is C32H35F3N8O3S. The van der Waals surface area contributed by atoms with E-state index in [1.165, 1.54) is 19.8 Å². The van der Waals surface area contributed by atoms with Gasteiger partial charge in [-0.1, -0.05) is 24.3 Å². The van der Waals surface area contributed by atoms with E-state index in [1.807, 2.05) is 37.4 Å². The molecule has 1 saturated heterocycles. The summed E-state index contributed by atoms with van der Waals surface area (Å²) in [6.45, 7) is 2.34. The number of hydrogen-bond donors (Lipinski definition) is 3. The highest BCUT2D eigenvalue weighted by Gasteiger charge is 2.34. The summed E-state index contributed by atoms with van der Waals surface area (Å²) in [5.41, 5.74) is 2.17. The van der Waals surface area contributed by atoms with Gasteiger partial charge in [-0.3, -0.25) is 9.25 Å². The summed E-state index contributed by atoms with van der Waals surface area (Å²) in [5.74, 6) is 0. The summed E-state index contributed by atoms with van der Waals surface area (Å²) >= 11 is 0. The number of benzene rings is 2. The first-order valence-corrected chi connectivity index (χ1v) is 16.8. The van der Waals surface area contributed by atoms with Gasteiger partial charge in [-0.2, -0.15) is 27.6 Å². The second-order valence-electron chi connectivity index (χ2n) is 11.5. The van der Waals surface area contributed by atoms with Gasteiger partial charge in [-0.05, 0) is 86.9 Å². The third-order valence-electron chi connectivity index (χ3n) is 8.29. The molecule has 248 valence electrons. The van der Waals surface area contributed by atoms with Crippen molar-refractivity contribution in [2.24, 2.45) is 0 Å². The molecule has 0 bridgehead atoms. The number of aromatic nitrogens is 5. The number of H-pyrrole nitrogens is 1. The van der Waals surface area contributed by atoms with Gasteiger partial charge in [-0.15, -0.1) is 0 Å². The van der Waals surface area contributed by atoms with E-state index in [-0.39, 0.29) is 24.0 Å². The molecule has 2 aromatic carbocycles. The van der Waals surface area contributed by atoms with Crippen LogP contribution >= 0.6 is 0 Å². The molecule has 5 aromatic rings. The van der Waals surface area contributed by atoms with Crippen LogP contribution in [0.1, 0.15) is 30.5 Å². The van der Waals surface area contributed by atoms with Crippen LogP contribution in [0.4, 0.5) is 13.2 Å². The lowest BCUT2D eigenvalue weighted by atomic mass is 10.1. The van der Waals surface area contributed by atoms with Crippen LogP contribution in [0.3, 0.4) is 0 Å². The summed E-state index contributed by atoms with van der Waals surface area (Å²) in [5, 5.41) is 10.6. The number of aryl methyl sites for hydroxylation is 1. The number of alkyl halides is 3. The van der Waals surface area contributed by atoms with Gasteiger partial charge in [0.25, 0.3) is 0 Å². The van der Waals surface area contributed by atoms with Crippen LogP contribution in [0.25, 0.3) is 28.0 Å². The van der Waals surface area contributed by atoms with Crippen LogP contribution in [0, 0.1) is 0 Å². The van der Waals surface area contributed by atoms with Gasteiger partial charge in [0.15, 0.2) is 5.69 Å². The lowest BCUT2D eigenvalue weighted by Gasteiger charge is -2.33. The molecule has 3 aromatic heterocycles. The highest BCUT2D eigenvalue weighted by molar-refractivity contribution is 7.89. The number of rotatable bonds is 11. The number of nitrogens with zero attached hydrogens (tertiary/aromatic N) is 5. The molecule has 0 radical (unpaired) electrons. The number of sulfonamides is 1. The lowest BCUT2D eigenvalue weighted by molar-refractivity contribution is -0.141. The molecule has 1 aliphatic heterocycles. The summed E-state index contributed by atoms with van der Waals surface area (Å²) in [7, 11) is -2.05. The maximum absolute atomic E-state index is 13.9. The van der Waals surface area contributed by atoms with Gasteiger partial charge < -0.3 is 15.6 Å². The average molecular weight is 669 g/mol. The number of piperidine rings is 1. The Kier molecular flexibility index (Phi) is 9.32. The number of hydrogen-bond acceptors (Lipinski definition) is 7. The Balaban J connectivity index is 1.21. The number of aromatic amines is 1. The summed E-state index contributed by atoms with van der Waals surface area (Å²) in [6.07, 6.45) is -0.0113. The largest absolute Gasteiger partial charge is 0.435 e. The molecule has 0 saturated carbocycles. The molecule has 47 heavy (non-hydrogen) atoms. The van der Waals surface area contributed by atoms with Crippen molar-refractivity contribution in [3.8, 4) is 16.9 Å². The van der Waals surface area contributed by atoms with Crippen LogP contribution in [-0.4, -0.2) is 69.8 Å². The molecule has 1 aliphatic rings. The predicted octanol–water partition coefficient (Wildman–Crippen LogP) is 4.15. The minimum Gasteiger partial charge on any atom is -0.339 e. The average Bonchev–Trinajstić information content (AvgIpc) is 3.71. The molecule has 11 nitrogen and oxygen atoms in total. The quantitative estimate of drug-likeness (QED) is 0.193. The molecule has 0 aliphatic carbocycles. The van der Waals surface area contributed by atoms with E-state index in [0.717, 1.165) is 11.6 Å². The van der Waals surface area contributed by atoms with E-state index in [2.05, 4.69) is 25.7 Å². The van der Waals surface area contributed by atoms with E-state index < -0.39 is 27.6 Å². The van der Waals surface area contributed by atoms with Gasteiger partial charge in [0.2, 0.25) is 10.0 Å².